The van der Waals surface area contributed by atoms with Crippen molar-refractivity contribution in [3.05, 3.63) is 29.8 Å². The predicted molar refractivity (Wildman–Crippen MR) is 126 cm³/mol. The van der Waals surface area contributed by atoms with Gasteiger partial charge in [-0.2, -0.15) is 0 Å². The Morgan fingerprint density at radius 2 is 1.55 bits per heavy atom. The first-order valence-electron chi connectivity index (χ1n) is 12.9. The van der Waals surface area contributed by atoms with Gasteiger partial charge in [-0.15, -0.1) is 0 Å². The molecule has 1 heteroatoms. The highest BCUT2D eigenvalue weighted by Crippen LogP contribution is 2.46. The van der Waals surface area contributed by atoms with Crippen molar-refractivity contribution in [2.45, 2.75) is 110 Å². The highest BCUT2D eigenvalue weighted by atomic mass is 16.5. The van der Waals surface area contributed by atoms with Gasteiger partial charge in [0.05, 0.1) is 6.61 Å². The van der Waals surface area contributed by atoms with Crippen LogP contribution in [0.5, 0.6) is 5.75 Å². The van der Waals surface area contributed by atoms with E-state index in [1.54, 1.807) is 5.56 Å². The topological polar surface area (TPSA) is 9.23 Å². The summed E-state index contributed by atoms with van der Waals surface area (Å²) >= 11 is 0. The van der Waals surface area contributed by atoms with Crippen molar-refractivity contribution in [2.75, 3.05) is 6.61 Å². The second-order valence-corrected chi connectivity index (χ2v) is 10.2. The summed E-state index contributed by atoms with van der Waals surface area (Å²) in [5.41, 5.74) is 1.54. The monoisotopic (exact) mass is 398 g/mol. The summed E-state index contributed by atoms with van der Waals surface area (Å²) in [6.45, 7) is 7.95. The summed E-state index contributed by atoms with van der Waals surface area (Å²) in [6.07, 6.45) is 18.3. The van der Waals surface area contributed by atoms with Crippen LogP contribution in [0.25, 0.3) is 0 Å². The Morgan fingerprint density at radius 1 is 0.828 bits per heavy atom. The lowest BCUT2D eigenvalue weighted by molar-refractivity contribution is 0.101. The Morgan fingerprint density at radius 3 is 2.21 bits per heavy atom. The zero-order chi connectivity index (χ0) is 20.5. The average molecular weight is 399 g/mol. The molecule has 1 nitrogen and oxygen atoms in total. The Balaban J connectivity index is 1.42. The zero-order valence-electron chi connectivity index (χ0n) is 19.5. The number of unbranched alkanes of at least 4 members (excludes halogenated alkanes) is 3. The van der Waals surface area contributed by atoms with Crippen LogP contribution in [0, 0.1) is 23.7 Å². The molecular weight excluding hydrogens is 352 g/mol. The van der Waals surface area contributed by atoms with Gasteiger partial charge in [-0.05, 0) is 92.2 Å². The smallest absolute Gasteiger partial charge is 0.119 e. The maximum atomic E-state index is 5.84. The predicted octanol–water partition coefficient (Wildman–Crippen LogP) is 8.77. The summed E-state index contributed by atoms with van der Waals surface area (Å²) < 4.78 is 5.84. The van der Waals surface area contributed by atoms with Crippen molar-refractivity contribution in [3.63, 3.8) is 0 Å². The molecule has 0 radical (unpaired) electrons. The van der Waals surface area contributed by atoms with Crippen LogP contribution in [-0.2, 0) is 0 Å². The van der Waals surface area contributed by atoms with Gasteiger partial charge in [0.1, 0.15) is 5.75 Å². The van der Waals surface area contributed by atoms with Gasteiger partial charge >= 0.3 is 0 Å². The minimum atomic E-state index is 0.775. The Bertz CT molecular complexity index is 554. The SMILES string of the molecule is CCCCCC1CCC(C2CCC(c3ccc(OCCCC)cc3)CC2)C(C)C1. The van der Waals surface area contributed by atoms with Gasteiger partial charge in [-0.1, -0.05) is 71.4 Å². The molecule has 0 spiro atoms. The van der Waals surface area contributed by atoms with E-state index in [9.17, 15) is 0 Å². The minimum Gasteiger partial charge on any atom is -0.494 e. The van der Waals surface area contributed by atoms with Crippen molar-refractivity contribution in [1.82, 2.24) is 0 Å². The summed E-state index contributed by atoms with van der Waals surface area (Å²) in [5, 5.41) is 0. The van der Waals surface area contributed by atoms with Crippen molar-refractivity contribution in [1.29, 1.82) is 0 Å². The maximum Gasteiger partial charge on any atom is 0.119 e. The van der Waals surface area contributed by atoms with E-state index >= 15 is 0 Å². The summed E-state index contributed by atoms with van der Waals surface area (Å²) in [5.74, 6) is 5.80. The molecule has 29 heavy (non-hydrogen) atoms. The third kappa shape index (κ3) is 6.76. The van der Waals surface area contributed by atoms with Gasteiger partial charge in [0.25, 0.3) is 0 Å². The second-order valence-electron chi connectivity index (χ2n) is 10.2. The molecule has 1 aromatic carbocycles. The molecule has 0 bridgehead atoms. The van der Waals surface area contributed by atoms with Gasteiger partial charge in [0.15, 0.2) is 0 Å². The summed E-state index contributed by atoms with van der Waals surface area (Å²) in [6, 6.07) is 9.05. The molecule has 3 rings (SSSR count). The van der Waals surface area contributed by atoms with Gasteiger partial charge in [0.2, 0.25) is 0 Å². The van der Waals surface area contributed by atoms with Gasteiger partial charge in [-0.3, -0.25) is 0 Å². The van der Waals surface area contributed by atoms with E-state index in [1.165, 1.54) is 77.0 Å². The van der Waals surface area contributed by atoms with Crippen molar-refractivity contribution < 1.29 is 4.74 Å². The Kier molecular flexibility index (Phi) is 9.40. The zero-order valence-corrected chi connectivity index (χ0v) is 19.5. The first-order valence-corrected chi connectivity index (χ1v) is 12.9. The molecule has 2 fully saturated rings. The molecule has 0 amide bonds. The van der Waals surface area contributed by atoms with E-state index in [0.717, 1.165) is 48.4 Å². The van der Waals surface area contributed by atoms with Crippen LogP contribution in [-0.4, -0.2) is 6.61 Å². The van der Waals surface area contributed by atoms with Crippen molar-refractivity contribution >= 4 is 0 Å². The molecule has 2 saturated carbocycles. The molecule has 2 aliphatic carbocycles. The number of benzene rings is 1. The molecule has 3 unspecified atom stereocenters. The highest BCUT2D eigenvalue weighted by Gasteiger charge is 2.35. The third-order valence-corrected chi connectivity index (χ3v) is 8.06. The van der Waals surface area contributed by atoms with Crippen molar-refractivity contribution in [2.24, 2.45) is 23.7 Å². The summed E-state index contributed by atoms with van der Waals surface area (Å²) in [4.78, 5) is 0. The fraction of sp³-hybridized carbons (Fsp3) is 0.786. The van der Waals surface area contributed by atoms with Crippen LogP contribution in [0.2, 0.25) is 0 Å². The van der Waals surface area contributed by atoms with E-state index in [1.807, 2.05) is 0 Å². The quantitative estimate of drug-likeness (QED) is 0.358. The largest absolute Gasteiger partial charge is 0.494 e. The third-order valence-electron chi connectivity index (χ3n) is 8.06. The van der Waals surface area contributed by atoms with Gasteiger partial charge in [0, 0.05) is 0 Å². The Labute approximate surface area is 181 Å². The number of hydrogen-bond acceptors (Lipinski definition) is 1. The minimum absolute atomic E-state index is 0.775. The van der Waals surface area contributed by atoms with E-state index in [2.05, 4.69) is 45.0 Å². The molecule has 3 atom stereocenters. The maximum absolute atomic E-state index is 5.84. The molecule has 0 saturated heterocycles. The van der Waals surface area contributed by atoms with Gasteiger partial charge < -0.3 is 4.74 Å². The summed E-state index contributed by atoms with van der Waals surface area (Å²) in [7, 11) is 0. The van der Waals surface area contributed by atoms with Crippen LogP contribution >= 0.6 is 0 Å². The fourth-order valence-corrected chi connectivity index (χ4v) is 6.23. The first-order chi connectivity index (χ1) is 14.2. The van der Waals surface area contributed by atoms with E-state index < -0.39 is 0 Å². The number of ether oxygens (including phenoxy) is 1. The molecular formula is C28H46O. The molecule has 0 N–H and O–H groups in total. The van der Waals surface area contributed by atoms with Crippen LogP contribution in [0.1, 0.15) is 116 Å². The van der Waals surface area contributed by atoms with Crippen LogP contribution in [0.3, 0.4) is 0 Å². The van der Waals surface area contributed by atoms with E-state index in [0.29, 0.717) is 0 Å². The first kappa shape index (κ1) is 22.7. The second kappa shape index (κ2) is 12.0. The van der Waals surface area contributed by atoms with Gasteiger partial charge in [-0.25, -0.2) is 0 Å². The standard InChI is InChI=1S/C28H46O/c1-4-6-8-9-23-10-19-28(22(3)21-23)26-13-11-24(12-14-26)25-15-17-27(18-16-25)29-20-7-5-2/h15-18,22-24,26,28H,4-14,19-21H2,1-3H3. The van der Waals surface area contributed by atoms with E-state index in [4.69, 9.17) is 4.74 Å². The fourth-order valence-electron chi connectivity index (χ4n) is 6.23. The number of hydrogen-bond donors (Lipinski definition) is 0. The van der Waals surface area contributed by atoms with Crippen LogP contribution in [0.15, 0.2) is 24.3 Å². The molecule has 1 aromatic rings. The normalized spacial score (nSPS) is 30.2. The highest BCUT2D eigenvalue weighted by molar-refractivity contribution is 5.29. The lowest BCUT2D eigenvalue weighted by atomic mass is 9.64. The molecule has 0 aromatic heterocycles. The molecule has 0 aliphatic heterocycles. The number of rotatable bonds is 10. The van der Waals surface area contributed by atoms with Crippen LogP contribution < -0.4 is 4.74 Å². The lowest BCUT2D eigenvalue weighted by Crippen LogP contribution is -2.31. The van der Waals surface area contributed by atoms with E-state index in [-0.39, 0.29) is 0 Å². The Hall–Kier alpha value is -0.980. The lowest BCUT2D eigenvalue weighted by Gasteiger charge is -2.42. The molecule has 2 aliphatic rings. The average Bonchev–Trinajstić information content (AvgIpc) is 2.75. The van der Waals surface area contributed by atoms with Crippen LogP contribution in [0.4, 0.5) is 0 Å². The molecule has 164 valence electrons. The van der Waals surface area contributed by atoms with Crippen molar-refractivity contribution in [3.8, 4) is 5.75 Å². The molecule has 0 heterocycles.